The second-order valence-corrected chi connectivity index (χ2v) is 6.80. The molecule has 0 saturated carbocycles. The monoisotopic (exact) mass is 428 g/mol. The standard InChI is InChI=1S/C24H20N4O4/c25-16-20(24(29)26-14-4-7-18-5-2-1-3-6-18)15-19-8-11-22(12-9-19)32-23-13-10-21(17-27-23)28(30)31/h1-3,5-6,8-13,15,17H,4,7,14H2,(H,26,29)/b20-15-. The average molecular weight is 428 g/mol. The van der Waals surface area contributed by atoms with Gasteiger partial charge in [0.2, 0.25) is 5.88 Å². The highest BCUT2D eigenvalue weighted by Crippen LogP contribution is 2.22. The van der Waals surface area contributed by atoms with Crippen LogP contribution in [0.3, 0.4) is 0 Å². The Labute approximate surface area is 185 Å². The maximum Gasteiger partial charge on any atom is 0.287 e. The Bertz CT molecular complexity index is 1140. The van der Waals surface area contributed by atoms with Crippen LogP contribution in [0.15, 0.2) is 78.5 Å². The zero-order valence-electron chi connectivity index (χ0n) is 17.1. The molecule has 0 spiro atoms. The molecule has 8 nitrogen and oxygen atoms in total. The Kier molecular flexibility index (Phi) is 7.65. The van der Waals surface area contributed by atoms with Gasteiger partial charge in [0, 0.05) is 18.7 Å². The Morgan fingerprint density at radius 3 is 2.50 bits per heavy atom. The van der Waals surface area contributed by atoms with Crippen molar-refractivity contribution in [2.75, 3.05) is 6.54 Å². The Morgan fingerprint density at radius 1 is 1.12 bits per heavy atom. The number of carbonyl (C=O) groups is 1. The number of nitriles is 1. The molecule has 3 rings (SSSR count). The lowest BCUT2D eigenvalue weighted by molar-refractivity contribution is -0.385. The minimum atomic E-state index is -0.538. The van der Waals surface area contributed by atoms with Gasteiger partial charge < -0.3 is 10.1 Å². The van der Waals surface area contributed by atoms with E-state index in [4.69, 9.17) is 4.74 Å². The summed E-state index contributed by atoms with van der Waals surface area (Å²) < 4.78 is 5.55. The number of aromatic nitrogens is 1. The quantitative estimate of drug-likeness (QED) is 0.177. The molecule has 1 amide bonds. The maximum atomic E-state index is 12.3. The number of ether oxygens (including phenoxy) is 1. The van der Waals surface area contributed by atoms with Gasteiger partial charge in [-0.15, -0.1) is 0 Å². The fraction of sp³-hybridized carbons (Fsp3) is 0.125. The van der Waals surface area contributed by atoms with Crippen molar-refractivity contribution >= 4 is 17.7 Å². The predicted molar refractivity (Wildman–Crippen MR) is 119 cm³/mol. The second kappa shape index (κ2) is 11.0. The molecule has 0 unspecified atom stereocenters. The highest BCUT2D eigenvalue weighted by molar-refractivity contribution is 6.01. The van der Waals surface area contributed by atoms with Gasteiger partial charge in [-0.25, -0.2) is 4.98 Å². The summed E-state index contributed by atoms with van der Waals surface area (Å²) in [5.74, 6) is 0.259. The van der Waals surface area contributed by atoms with Crippen LogP contribution in [0.5, 0.6) is 11.6 Å². The fourth-order valence-electron chi connectivity index (χ4n) is 2.84. The van der Waals surface area contributed by atoms with Crippen molar-refractivity contribution in [1.29, 1.82) is 5.26 Å². The van der Waals surface area contributed by atoms with Gasteiger partial charge in [-0.1, -0.05) is 42.5 Å². The van der Waals surface area contributed by atoms with Crippen molar-refractivity contribution in [3.63, 3.8) is 0 Å². The van der Waals surface area contributed by atoms with Crippen LogP contribution in [0.1, 0.15) is 17.5 Å². The summed E-state index contributed by atoms with van der Waals surface area (Å²) in [6, 6.07) is 21.3. The van der Waals surface area contributed by atoms with Crippen molar-refractivity contribution in [2.45, 2.75) is 12.8 Å². The van der Waals surface area contributed by atoms with E-state index < -0.39 is 10.8 Å². The van der Waals surface area contributed by atoms with E-state index in [0.717, 1.165) is 19.0 Å². The number of nitrogens with one attached hydrogen (secondary N) is 1. The van der Waals surface area contributed by atoms with Crippen LogP contribution in [0.2, 0.25) is 0 Å². The fourth-order valence-corrected chi connectivity index (χ4v) is 2.84. The highest BCUT2D eigenvalue weighted by atomic mass is 16.6. The topological polar surface area (TPSA) is 118 Å². The smallest absolute Gasteiger partial charge is 0.287 e. The molecule has 1 heterocycles. The number of benzene rings is 2. The summed E-state index contributed by atoms with van der Waals surface area (Å²) in [5, 5.41) is 22.8. The van der Waals surface area contributed by atoms with Crippen molar-refractivity contribution < 1.29 is 14.5 Å². The van der Waals surface area contributed by atoms with Gasteiger partial charge in [-0.05, 0) is 42.2 Å². The first-order chi connectivity index (χ1) is 15.5. The third kappa shape index (κ3) is 6.50. The molecule has 0 fully saturated rings. The van der Waals surface area contributed by atoms with E-state index in [1.165, 1.54) is 23.8 Å². The van der Waals surface area contributed by atoms with Crippen molar-refractivity contribution in [3.05, 3.63) is 99.7 Å². The lowest BCUT2D eigenvalue weighted by Gasteiger charge is -2.06. The second-order valence-electron chi connectivity index (χ2n) is 6.80. The summed E-state index contributed by atoms with van der Waals surface area (Å²) >= 11 is 0. The molecule has 1 aromatic heterocycles. The molecule has 8 heteroatoms. The number of aryl methyl sites for hydroxylation is 1. The molecule has 3 aromatic rings. The number of pyridine rings is 1. The van der Waals surface area contributed by atoms with Crippen molar-refractivity contribution in [3.8, 4) is 17.7 Å². The van der Waals surface area contributed by atoms with Gasteiger partial charge >= 0.3 is 0 Å². The third-order valence-corrected chi connectivity index (χ3v) is 4.48. The molecule has 160 valence electrons. The number of hydrogen-bond donors (Lipinski definition) is 1. The largest absolute Gasteiger partial charge is 0.439 e. The van der Waals surface area contributed by atoms with E-state index in [1.54, 1.807) is 24.3 Å². The van der Waals surface area contributed by atoms with Crippen LogP contribution in [0.25, 0.3) is 6.08 Å². The molecular formula is C24H20N4O4. The first kappa shape index (κ1) is 22.2. The number of carbonyl (C=O) groups excluding carboxylic acids is 1. The summed E-state index contributed by atoms with van der Waals surface area (Å²) in [6.45, 7) is 0.474. The first-order valence-electron chi connectivity index (χ1n) is 9.87. The van der Waals surface area contributed by atoms with E-state index in [2.05, 4.69) is 10.3 Å². The lowest BCUT2D eigenvalue weighted by Crippen LogP contribution is -2.25. The van der Waals surface area contributed by atoms with E-state index in [0.29, 0.717) is 17.9 Å². The average Bonchev–Trinajstić information content (AvgIpc) is 2.82. The van der Waals surface area contributed by atoms with Crippen LogP contribution in [0.4, 0.5) is 5.69 Å². The zero-order valence-corrected chi connectivity index (χ0v) is 17.1. The highest BCUT2D eigenvalue weighted by Gasteiger charge is 2.09. The van der Waals surface area contributed by atoms with Crippen LogP contribution in [0, 0.1) is 21.4 Å². The molecule has 2 aromatic carbocycles. The summed E-state index contributed by atoms with van der Waals surface area (Å²) in [4.78, 5) is 26.3. The van der Waals surface area contributed by atoms with E-state index >= 15 is 0 Å². The SMILES string of the molecule is N#C/C(=C/c1ccc(Oc2ccc([N+](=O)[O-])cn2)cc1)C(=O)NCCCc1ccccc1. The zero-order chi connectivity index (χ0) is 22.8. The third-order valence-electron chi connectivity index (χ3n) is 4.48. The van der Waals surface area contributed by atoms with Crippen LogP contribution >= 0.6 is 0 Å². The van der Waals surface area contributed by atoms with Crippen molar-refractivity contribution in [2.24, 2.45) is 0 Å². The molecule has 0 radical (unpaired) electrons. The van der Waals surface area contributed by atoms with E-state index in [9.17, 15) is 20.2 Å². The minimum absolute atomic E-state index is 0.00964. The molecule has 1 N–H and O–H groups in total. The van der Waals surface area contributed by atoms with Crippen molar-refractivity contribution in [1.82, 2.24) is 10.3 Å². The Balaban J connectivity index is 1.54. The van der Waals surface area contributed by atoms with Gasteiger partial charge in [0.15, 0.2) is 0 Å². The van der Waals surface area contributed by atoms with Gasteiger partial charge in [0.25, 0.3) is 11.6 Å². The van der Waals surface area contributed by atoms with Gasteiger partial charge in [-0.3, -0.25) is 14.9 Å². The first-order valence-corrected chi connectivity index (χ1v) is 9.87. The molecule has 0 aliphatic rings. The number of nitrogens with zero attached hydrogens (tertiary/aromatic N) is 3. The lowest BCUT2D eigenvalue weighted by atomic mass is 10.1. The molecule has 0 aliphatic carbocycles. The van der Waals surface area contributed by atoms with Gasteiger partial charge in [-0.2, -0.15) is 5.26 Å². The Hall–Kier alpha value is -4.51. The summed E-state index contributed by atoms with van der Waals surface area (Å²) in [7, 11) is 0. The van der Waals surface area contributed by atoms with Crippen LogP contribution in [-0.4, -0.2) is 22.4 Å². The number of hydrogen-bond acceptors (Lipinski definition) is 6. The van der Waals surface area contributed by atoms with E-state index in [1.807, 2.05) is 36.4 Å². The molecule has 32 heavy (non-hydrogen) atoms. The van der Waals surface area contributed by atoms with E-state index in [-0.39, 0.29) is 17.1 Å². The molecule has 0 aliphatic heterocycles. The van der Waals surface area contributed by atoms with Gasteiger partial charge in [0.1, 0.15) is 23.6 Å². The maximum absolute atomic E-state index is 12.3. The molecule has 0 saturated heterocycles. The summed E-state index contributed by atoms with van der Waals surface area (Å²) in [5.41, 5.74) is 1.74. The van der Waals surface area contributed by atoms with Gasteiger partial charge in [0.05, 0.1) is 4.92 Å². The molecule has 0 atom stereocenters. The van der Waals surface area contributed by atoms with Crippen LogP contribution < -0.4 is 10.1 Å². The normalized spacial score (nSPS) is 10.8. The molecule has 0 bridgehead atoms. The number of amides is 1. The molecular weight excluding hydrogens is 408 g/mol. The number of nitro groups is 1. The minimum Gasteiger partial charge on any atom is -0.439 e. The predicted octanol–water partition coefficient (Wildman–Crippen LogP) is 4.44. The van der Waals surface area contributed by atoms with Crippen LogP contribution in [-0.2, 0) is 11.2 Å². The summed E-state index contributed by atoms with van der Waals surface area (Å²) in [6.07, 6.45) is 4.24. The number of rotatable bonds is 9. The Morgan fingerprint density at radius 2 is 1.88 bits per heavy atom.